The monoisotopic (exact) mass is 290 g/mol. The maximum Gasteiger partial charge on any atom is 0.374 e. The third-order valence-corrected chi connectivity index (χ3v) is 2.72. The van der Waals surface area contributed by atoms with Crippen LogP contribution in [0.15, 0.2) is 27.4 Å². The maximum absolute atomic E-state index is 12.0. The van der Waals surface area contributed by atoms with E-state index in [1.807, 2.05) is 0 Å². The van der Waals surface area contributed by atoms with Crippen molar-refractivity contribution in [2.45, 2.75) is 13.8 Å². The Morgan fingerprint density at radius 3 is 2.71 bits per heavy atom. The highest BCUT2D eigenvalue weighted by Gasteiger charge is 2.16. The molecule has 0 fully saturated rings. The van der Waals surface area contributed by atoms with Crippen LogP contribution in [0, 0.1) is 0 Å². The summed E-state index contributed by atoms with van der Waals surface area (Å²) < 4.78 is 10.1. The molecule has 0 spiro atoms. The van der Waals surface area contributed by atoms with Crippen LogP contribution in [0.25, 0.3) is 11.0 Å². The second kappa shape index (κ2) is 5.66. The first kappa shape index (κ1) is 14.6. The van der Waals surface area contributed by atoms with Gasteiger partial charge in [-0.15, -0.1) is 0 Å². The van der Waals surface area contributed by atoms with E-state index in [2.05, 4.69) is 5.32 Å². The summed E-state index contributed by atoms with van der Waals surface area (Å²) >= 11 is 0. The largest absolute Gasteiger partial charge is 0.460 e. The molecule has 21 heavy (non-hydrogen) atoms. The van der Waals surface area contributed by atoms with Gasteiger partial charge in [-0.05, 0) is 19.1 Å². The van der Waals surface area contributed by atoms with E-state index in [-0.39, 0.29) is 34.9 Å². The summed E-state index contributed by atoms with van der Waals surface area (Å²) in [5.41, 5.74) is 5.88. The second-order valence-electron chi connectivity index (χ2n) is 4.28. The van der Waals surface area contributed by atoms with Gasteiger partial charge >= 0.3 is 5.97 Å². The summed E-state index contributed by atoms with van der Waals surface area (Å²) in [6, 6.07) is 4.02. The minimum atomic E-state index is -0.749. The average molecular weight is 290 g/mol. The molecule has 0 aliphatic heterocycles. The molecule has 0 saturated carbocycles. The van der Waals surface area contributed by atoms with E-state index in [1.165, 1.54) is 19.1 Å². The molecule has 1 aromatic heterocycles. The number of esters is 1. The number of hydrogen-bond donors (Lipinski definition) is 2. The van der Waals surface area contributed by atoms with Crippen LogP contribution >= 0.6 is 0 Å². The van der Waals surface area contributed by atoms with Gasteiger partial charge in [0.15, 0.2) is 11.0 Å². The van der Waals surface area contributed by atoms with Gasteiger partial charge in [-0.2, -0.15) is 0 Å². The quantitative estimate of drug-likeness (QED) is 0.654. The summed E-state index contributed by atoms with van der Waals surface area (Å²) in [5, 5.41) is 2.73. The third kappa shape index (κ3) is 2.86. The van der Waals surface area contributed by atoms with Crippen LogP contribution in [0.3, 0.4) is 0 Å². The predicted octanol–water partition coefficient (Wildman–Crippen LogP) is 1.51. The molecule has 0 aliphatic rings. The summed E-state index contributed by atoms with van der Waals surface area (Å²) in [6.07, 6.45) is 0. The van der Waals surface area contributed by atoms with Crippen LogP contribution in [0.4, 0.5) is 11.4 Å². The van der Waals surface area contributed by atoms with Gasteiger partial charge in [-0.3, -0.25) is 9.59 Å². The lowest BCUT2D eigenvalue weighted by Gasteiger charge is -2.09. The van der Waals surface area contributed by atoms with Crippen molar-refractivity contribution < 1.29 is 18.7 Å². The predicted molar refractivity (Wildman–Crippen MR) is 77.2 cm³/mol. The van der Waals surface area contributed by atoms with E-state index in [0.29, 0.717) is 5.69 Å². The van der Waals surface area contributed by atoms with E-state index in [4.69, 9.17) is 14.9 Å². The molecule has 3 N–H and O–H groups in total. The maximum atomic E-state index is 12.0. The molecule has 1 heterocycles. The molecule has 0 unspecified atom stereocenters. The number of benzene rings is 1. The smallest absolute Gasteiger partial charge is 0.374 e. The first-order valence-electron chi connectivity index (χ1n) is 6.25. The molecule has 1 aromatic carbocycles. The summed E-state index contributed by atoms with van der Waals surface area (Å²) in [7, 11) is 0. The average Bonchev–Trinajstić information content (AvgIpc) is 2.42. The number of fused-ring (bicyclic) bond motifs is 1. The fraction of sp³-hybridized carbons (Fsp3) is 0.214. The highest BCUT2D eigenvalue weighted by atomic mass is 16.5. The number of amides is 1. The minimum Gasteiger partial charge on any atom is -0.460 e. The first-order valence-corrected chi connectivity index (χ1v) is 6.25. The zero-order valence-corrected chi connectivity index (χ0v) is 11.6. The van der Waals surface area contributed by atoms with Gasteiger partial charge in [0.05, 0.1) is 23.4 Å². The van der Waals surface area contributed by atoms with E-state index in [9.17, 15) is 14.4 Å². The van der Waals surface area contributed by atoms with Crippen LogP contribution < -0.4 is 16.5 Å². The normalized spacial score (nSPS) is 10.4. The number of nitrogens with one attached hydrogen (secondary N) is 1. The third-order valence-electron chi connectivity index (χ3n) is 2.72. The highest BCUT2D eigenvalue weighted by Crippen LogP contribution is 2.28. The molecule has 2 rings (SSSR count). The highest BCUT2D eigenvalue weighted by molar-refractivity contribution is 6.01. The van der Waals surface area contributed by atoms with Crippen LogP contribution in [0.2, 0.25) is 0 Å². The Bertz CT molecular complexity index is 779. The van der Waals surface area contributed by atoms with Crippen molar-refractivity contribution in [2.75, 3.05) is 17.7 Å². The molecule has 0 radical (unpaired) electrons. The van der Waals surface area contributed by atoms with Crippen LogP contribution in [0.1, 0.15) is 24.4 Å². The lowest BCUT2D eigenvalue weighted by Crippen LogP contribution is -2.12. The zero-order chi connectivity index (χ0) is 15.6. The Morgan fingerprint density at radius 1 is 1.38 bits per heavy atom. The molecule has 0 bridgehead atoms. The zero-order valence-electron chi connectivity index (χ0n) is 11.6. The minimum absolute atomic E-state index is 0.0387. The number of rotatable bonds is 3. The lowest BCUT2D eigenvalue weighted by molar-refractivity contribution is -0.114. The SMILES string of the molecule is CCOC(=O)c1cc(=O)c2ccc(NC(C)=O)c(N)c2o1. The molecule has 0 saturated heterocycles. The standard InChI is InChI=1S/C14H14N2O5/c1-3-20-14(19)11-6-10(18)8-4-5-9(16-7(2)17)12(15)13(8)21-11/h4-6H,3,15H2,1-2H3,(H,16,17). The van der Waals surface area contributed by atoms with Crippen molar-refractivity contribution in [1.29, 1.82) is 0 Å². The van der Waals surface area contributed by atoms with E-state index in [0.717, 1.165) is 6.07 Å². The number of carbonyl (C=O) groups is 2. The van der Waals surface area contributed by atoms with Gasteiger partial charge in [-0.1, -0.05) is 0 Å². The molecular formula is C14H14N2O5. The van der Waals surface area contributed by atoms with E-state index >= 15 is 0 Å². The Labute approximate surface area is 119 Å². The first-order chi connectivity index (χ1) is 9.93. The fourth-order valence-electron chi connectivity index (χ4n) is 1.84. The van der Waals surface area contributed by atoms with Crippen LogP contribution in [0.5, 0.6) is 0 Å². The number of hydrogen-bond acceptors (Lipinski definition) is 6. The molecule has 7 nitrogen and oxygen atoms in total. The molecule has 0 atom stereocenters. The van der Waals surface area contributed by atoms with Gasteiger partial charge in [0, 0.05) is 13.0 Å². The second-order valence-corrected chi connectivity index (χ2v) is 4.28. The van der Waals surface area contributed by atoms with Gasteiger partial charge in [0.2, 0.25) is 11.7 Å². The number of carbonyl (C=O) groups excluding carboxylic acids is 2. The van der Waals surface area contributed by atoms with Gasteiger partial charge < -0.3 is 20.2 Å². The van der Waals surface area contributed by atoms with Crippen LogP contribution in [-0.4, -0.2) is 18.5 Å². The molecule has 7 heteroatoms. The summed E-state index contributed by atoms with van der Waals surface area (Å²) in [4.78, 5) is 34.7. The number of nitrogen functional groups attached to an aromatic ring is 1. The van der Waals surface area contributed by atoms with Crippen molar-refractivity contribution in [1.82, 2.24) is 0 Å². The number of ether oxygens (including phenoxy) is 1. The Morgan fingerprint density at radius 2 is 2.10 bits per heavy atom. The van der Waals surface area contributed by atoms with Crippen molar-refractivity contribution >= 4 is 34.2 Å². The lowest BCUT2D eigenvalue weighted by atomic mass is 10.1. The summed E-state index contributed by atoms with van der Waals surface area (Å²) in [5.74, 6) is -1.30. The topological polar surface area (TPSA) is 112 Å². The van der Waals surface area contributed by atoms with Gasteiger partial charge in [0.25, 0.3) is 0 Å². The Kier molecular flexibility index (Phi) is 3.93. The molecule has 0 aliphatic carbocycles. The molecule has 2 aromatic rings. The number of anilines is 2. The van der Waals surface area contributed by atoms with Crippen LogP contribution in [-0.2, 0) is 9.53 Å². The van der Waals surface area contributed by atoms with E-state index < -0.39 is 11.4 Å². The van der Waals surface area contributed by atoms with Crippen molar-refractivity contribution in [3.8, 4) is 0 Å². The molecular weight excluding hydrogens is 276 g/mol. The van der Waals surface area contributed by atoms with Crippen molar-refractivity contribution in [3.63, 3.8) is 0 Å². The number of nitrogens with two attached hydrogens (primary N) is 1. The summed E-state index contributed by atoms with van der Waals surface area (Å²) in [6.45, 7) is 3.12. The fourth-order valence-corrected chi connectivity index (χ4v) is 1.84. The molecule has 1 amide bonds. The Balaban J connectivity index is 2.64. The molecule has 110 valence electrons. The van der Waals surface area contributed by atoms with Crippen molar-refractivity contribution in [3.05, 3.63) is 34.2 Å². The Hall–Kier alpha value is -2.83. The van der Waals surface area contributed by atoms with E-state index in [1.54, 1.807) is 6.92 Å². The van der Waals surface area contributed by atoms with Crippen molar-refractivity contribution in [2.24, 2.45) is 0 Å². The van der Waals surface area contributed by atoms with Gasteiger partial charge in [-0.25, -0.2) is 4.79 Å². The van der Waals surface area contributed by atoms with Gasteiger partial charge in [0.1, 0.15) is 0 Å².